The van der Waals surface area contributed by atoms with Gasteiger partial charge in [-0.15, -0.1) is 12.4 Å². The monoisotopic (exact) mass is 379 g/mol. The van der Waals surface area contributed by atoms with E-state index in [9.17, 15) is 14.4 Å². The Morgan fingerprint density at radius 3 is 2.50 bits per heavy atom. The average molecular weight is 380 g/mol. The van der Waals surface area contributed by atoms with E-state index in [2.05, 4.69) is 5.32 Å². The quantitative estimate of drug-likeness (QED) is 0.789. The summed E-state index contributed by atoms with van der Waals surface area (Å²) in [6, 6.07) is 5.30. The second-order valence-electron chi connectivity index (χ2n) is 7.42. The number of nitrogens with two attached hydrogens (primary N) is 1. The van der Waals surface area contributed by atoms with Crippen LogP contribution in [-0.4, -0.2) is 23.3 Å². The second-order valence-corrected chi connectivity index (χ2v) is 7.42. The lowest BCUT2D eigenvalue weighted by molar-refractivity contribution is -0.123. The Kier molecular flexibility index (Phi) is 6.09. The van der Waals surface area contributed by atoms with Crippen LogP contribution in [0, 0.1) is 12.8 Å². The van der Waals surface area contributed by atoms with Gasteiger partial charge in [-0.05, 0) is 44.4 Å². The van der Waals surface area contributed by atoms with Gasteiger partial charge in [0.25, 0.3) is 0 Å². The molecule has 2 fully saturated rings. The summed E-state index contributed by atoms with van der Waals surface area (Å²) in [5, 5.41) is 2.92. The first-order valence-electron chi connectivity index (χ1n) is 8.86. The highest BCUT2D eigenvalue weighted by Gasteiger charge is 2.38. The minimum Gasteiger partial charge on any atom is -0.326 e. The van der Waals surface area contributed by atoms with Crippen LogP contribution in [0.1, 0.15) is 51.0 Å². The van der Waals surface area contributed by atoms with Gasteiger partial charge in [0.05, 0.1) is 11.6 Å². The Bertz CT molecular complexity index is 717. The van der Waals surface area contributed by atoms with Crippen molar-refractivity contribution in [2.45, 2.75) is 57.9 Å². The van der Waals surface area contributed by atoms with Gasteiger partial charge in [0, 0.05) is 24.1 Å². The third-order valence-electron chi connectivity index (χ3n) is 5.34. The summed E-state index contributed by atoms with van der Waals surface area (Å²) < 4.78 is 0. The third-order valence-corrected chi connectivity index (χ3v) is 5.34. The van der Waals surface area contributed by atoms with E-state index in [0.29, 0.717) is 11.4 Å². The first-order valence-corrected chi connectivity index (χ1v) is 8.86. The molecule has 2 unspecified atom stereocenters. The van der Waals surface area contributed by atoms with Crippen molar-refractivity contribution in [1.82, 2.24) is 0 Å². The van der Waals surface area contributed by atoms with Gasteiger partial charge in [0.15, 0.2) is 0 Å². The van der Waals surface area contributed by atoms with Gasteiger partial charge >= 0.3 is 0 Å². The molecule has 0 spiro atoms. The molecule has 1 saturated carbocycles. The number of carbonyl (C=O) groups is 3. The molecule has 2 aliphatic rings. The fraction of sp³-hybridized carbons (Fsp3) is 0.526. The van der Waals surface area contributed by atoms with E-state index in [4.69, 9.17) is 5.73 Å². The van der Waals surface area contributed by atoms with E-state index in [-0.39, 0.29) is 48.9 Å². The molecule has 0 radical (unpaired) electrons. The van der Waals surface area contributed by atoms with E-state index in [1.807, 2.05) is 19.9 Å². The minimum absolute atomic E-state index is 0. The number of halogens is 1. The predicted octanol–water partition coefficient (Wildman–Crippen LogP) is 2.92. The van der Waals surface area contributed by atoms with E-state index < -0.39 is 5.54 Å². The van der Waals surface area contributed by atoms with E-state index in [0.717, 1.165) is 31.2 Å². The van der Waals surface area contributed by atoms with Crippen molar-refractivity contribution in [1.29, 1.82) is 0 Å². The van der Waals surface area contributed by atoms with Gasteiger partial charge in [0.2, 0.25) is 17.7 Å². The van der Waals surface area contributed by atoms with Crippen LogP contribution in [0.25, 0.3) is 0 Å². The number of aryl methyl sites for hydroxylation is 1. The third kappa shape index (κ3) is 3.91. The highest BCUT2D eigenvalue weighted by molar-refractivity contribution is 6.20. The second kappa shape index (κ2) is 7.76. The molecule has 1 saturated heterocycles. The molecular weight excluding hydrogens is 354 g/mol. The van der Waals surface area contributed by atoms with Gasteiger partial charge in [-0.2, -0.15) is 0 Å². The molecule has 3 amide bonds. The van der Waals surface area contributed by atoms with E-state index in [1.165, 1.54) is 4.90 Å². The van der Waals surface area contributed by atoms with Gasteiger partial charge in [-0.25, -0.2) is 0 Å². The zero-order valence-corrected chi connectivity index (χ0v) is 16.0. The maximum atomic E-state index is 12.7. The molecular formula is C19H26ClN3O3. The Morgan fingerprint density at radius 1 is 1.23 bits per heavy atom. The number of carbonyl (C=O) groups excluding carboxylic acids is 3. The number of anilines is 2. The molecule has 1 aliphatic heterocycles. The van der Waals surface area contributed by atoms with Crippen molar-refractivity contribution in [3.8, 4) is 0 Å². The molecule has 1 heterocycles. The summed E-state index contributed by atoms with van der Waals surface area (Å²) in [6.07, 6.45) is 4.14. The average Bonchev–Trinajstić information content (AvgIpc) is 2.87. The molecule has 2 atom stereocenters. The first kappa shape index (κ1) is 20.4. The van der Waals surface area contributed by atoms with Crippen molar-refractivity contribution in [2.75, 3.05) is 10.2 Å². The summed E-state index contributed by atoms with van der Waals surface area (Å²) in [7, 11) is 0. The minimum atomic E-state index is -0.503. The maximum absolute atomic E-state index is 12.7. The van der Waals surface area contributed by atoms with Crippen LogP contribution in [0.15, 0.2) is 18.2 Å². The van der Waals surface area contributed by atoms with Crippen LogP contribution >= 0.6 is 12.4 Å². The first-order chi connectivity index (χ1) is 11.8. The summed E-state index contributed by atoms with van der Waals surface area (Å²) in [4.78, 5) is 37.9. The van der Waals surface area contributed by atoms with Crippen molar-refractivity contribution < 1.29 is 14.4 Å². The maximum Gasteiger partial charge on any atom is 0.234 e. The highest BCUT2D eigenvalue weighted by Crippen LogP contribution is 2.33. The Hall–Kier alpha value is -1.92. The van der Waals surface area contributed by atoms with Crippen molar-refractivity contribution in [3.05, 3.63) is 23.8 Å². The number of rotatable bonds is 3. The smallest absolute Gasteiger partial charge is 0.234 e. The summed E-state index contributed by atoms with van der Waals surface area (Å²) >= 11 is 0. The van der Waals surface area contributed by atoms with Gasteiger partial charge in [-0.3, -0.25) is 19.3 Å². The summed E-state index contributed by atoms with van der Waals surface area (Å²) in [5.74, 6) is -0.726. The van der Waals surface area contributed by atoms with E-state index in [1.54, 1.807) is 12.1 Å². The molecule has 6 nitrogen and oxygen atoms in total. The molecule has 7 heteroatoms. The molecule has 26 heavy (non-hydrogen) atoms. The fourth-order valence-corrected chi connectivity index (χ4v) is 3.79. The van der Waals surface area contributed by atoms with Crippen molar-refractivity contribution in [3.63, 3.8) is 0 Å². The summed E-state index contributed by atoms with van der Waals surface area (Å²) in [5.41, 5.74) is 7.76. The zero-order valence-electron chi connectivity index (χ0n) is 15.2. The molecule has 0 bridgehead atoms. The topological polar surface area (TPSA) is 92.5 Å². The van der Waals surface area contributed by atoms with Crippen LogP contribution in [-0.2, 0) is 14.4 Å². The molecule has 1 aromatic rings. The number of nitrogens with zero attached hydrogens (tertiary/aromatic N) is 1. The SMILES string of the molecule is Cc1ccc(NC(=O)C2CCCCC2(C)N)cc1N1C(=O)CCC1=O.Cl. The van der Waals surface area contributed by atoms with Crippen LogP contribution in [0.3, 0.4) is 0 Å². The normalized spacial score (nSPS) is 25.8. The van der Waals surface area contributed by atoms with Gasteiger partial charge in [0.1, 0.15) is 0 Å². The highest BCUT2D eigenvalue weighted by atomic mass is 35.5. The van der Waals surface area contributed by atoms with Crippen LogP contribution in [0.5, 0.6) is 0 Å². The van der Waals surface area contributed by atoms with Crippen molar-refractivity contribution in [2.24, 2.45) is 11.7 Å². The molecule has 3 rings (SSSR count). The molecule has 1 aromatic carbocycles. The molecule has 3 N–H and O–H groups in total. The number of imide groups is 1. The molecule has 0 aromatic heterocycles. The van der Waals surface area contributed by atoms with Crippen LogP contribution in [0.2, 0.25) is 0 Å². The van der Waals surface area contributed by atoms with Crippen LogP contribution in [0.4, 0.5) is 11.4 Å². The van der Waals surface area contributed by atoms with Crippen LogP contribution < -0.4 is 16.0 Å². The van der Waals surface area contributed by atoms with Gasteiger partial charge in [-0.1, -0.05) is 18.9 Å². The summed E-state index contributed by atoms with van der Waals surface area (Å²) in [6.45, 7) is 3.77. The Labute approximate surface area is 159 Å². The van der Waals surface area contributed by atoms with Gasteiger partial charge < -0.3 is 11.1 Å². The molecule has 142 valence electrons. The number of amides is 3. The number of hydrogen-bond donors (Lipinski definition) is 2. The predicted molar refractivity (Wildman–Crippen MR) is 103 cm³/mol. The lowest BCUT2D eigenvalue weighted by Gasteiger charge is -2.37. The number of hydrogen-bond acceptors (Lipinski definition) is 4. The Morgan fingerprint density at radius 2 is 1.88 bits per heavy atom. The fourth-order valence-electron chi connectivity index (χ4n) is 3.79. The lowest BCUT2D eigenvalue weighted by atomic mass is 9.74. The number of benzene rings is 1. The van der Waals surface area contributed by atoms with Crippen molar-refractivity contribution >= 4 is 41.5 Å². The standard InChI is InChI=1S/C19H25N3O3.ClH/c1-12-6-7-13(11-15(12)22-16(23)8-9-17(22)24)21-18(25)14-5-3-4-10-19(14,2)20;/h6-7,11,14H,3-5,8-10,20H2,1-2H3,(H,21,25);1H. The van der Waals surface area contributed by atoms with E-state index >= 15 is 0 Å². The molecule has 1 aliphatic carbocycles. The Balaban J connectivity index is 0.00000243. The number of nitrogens with one attached hydrogen (secondary N) is 1. The lowest BCUT2D eigenvalue weighted by Crippen LogP contribution is -2.51. The zero-order chi connectivity index (χ0) is 18.2. The largest absolute Gasteiger partial charge is 0.326 e.